The number of nitrogens with zero attached hydrogens (tertiary/aromatic N) is 1. The topological polar surface area (TPSA) is 104 Å². The molecule has 2 aromatic carbocycles. The lowest BCUT2D eigenvalue weighted by atomic mass is 9.87. The van der Waals surface area contributed by atoms with Crippen LogP contribution in [0.4, 0.5) is 11.4 Å². The molecule has 0 aliphatic rings. The van der Waals surface area contributed by atoms with Crippen molar-refractivity contribution in [1.29, 1.82) is 0 Å². The molecule has 3 N–H and O–H groups in total. The second-order valence-electron chi connectivity index (χ2n) is 7.15. The molecule has 0 saturated carbocycles. The van der Waals surface area contributed by atoms with Crippen LogP contribution >= 0.6 is 12.2 Å². The van der Waals surface area contributed by atoms with E-state index in [1.165, 1.54) is 18.2 Å². The number of nitrogens with one attached hydrogen (secondary N) is 2. The zero-order valence-corrected chi connectivity index (χ0v) is 16.3. The number of anilines is 1. The molecule has 1 amide bonds. The number of aromatic hydroxyl groups is 1. The molecule has 7 nitrogen and oxygen atoms in total. The first kappa shape index (κ1) is 20.3. The summed E-state index contributed by atoms with van der Waals surface area (Å²) in [5.41, 5.74) is 1.81. The lowest BCUT2D eigenvalue weighted by molar-refractivity contribution is -0.385. The van der Waals surface area contributed by atoms with E-state index in [-0.39, 0.29) is 27.5 Å². The molecule has 0 radical (unpaired) electrons. The van der Waals surface area contributed by atoms with Gasteiger partial charge >= 0.3 is 0 Å². The lowest BCUT2D eigenvalue weighted by Crippen LogP contribution is -2.34. The van der Waals surface area contributed by atoms with Crippen molar-refractivity contribution in [2.75, 3.05) is 5.32 Å². The van der Waals surface area contributed by atoms with Gasteiger partial charge in [0, 0.05) is 17.2 Å². The van der Waals surface area contributed by atoms with Gasteiger partial charge in [-0.05, 0) is 54.4 Å². The molecule has 0 aromatic heterocycles. The molecule has 0 unspecified atom stereocenters. The number of rotatable bonds is 3. The van der Waals surface area contributed by atoms with Crippen molar-refractivity contribution in [3.8, 4) is 5.75 Å². The van der Waals surface area contributed by atoms with Crippen molar-refractivity contribution < 1.29 is 14.8 Å². The summed E-state index contributed by atoms with van der Waals surface area (Å²) in [7, 11) is 0. The van der Waals surface area contributed by atoms with Crippen LogP contribution in [0.3, 0.4) is 0 Å². The number of nitro groups is 1. The smallest absolute Gasteiger partial charge is 0.272 e. The molecule has 0 heterocycles. The Bertz CT molecular complexity index is 920. The molecule has 0 saturated heterocycles. The number of carbonyl (C=O) groups excluding carboxylic acids is 1. The molecule has 0 aliphatic carbocycles. The van der Waals surface area contributed by atoms with Crippen molar-refractivity contribution in [1.82, 2.24) is 5.32 Å². The highest BCUT2D eigenvalue weighted by molar-refractivity contribution is 7.80. The number of carbonyl (C=O) groups is 1. The van der Waals surface area contributed by atoms with E-state index in [0.29, 0.717) is 11.3 Å². The third-order valence-electron chi connectivity index (χ3n) is 3.99. The van der Waals surface area contributed by atoms with Crippen LogP contribution in [0, 0.1) is 17.0 Å². The summed E-state index contributed by atoms with van der Waals surface area (Å²) < 4.78 is 0. The quantitative estimate of drug-likeness (QED) is 0.318. The number of hydrogen-bond donors (Lipinski definition) is 3. The maximum atomic E-state index is 12.3. The SMILES string of the molecule is Cc1cc(C(=O)NC(=S)Nc2cc(C(C)(C)C)ccc2O)ccc1[N+](=O)[O-]. The van der Waals surface area contributed by atoms with E-state index in [0.717, 1.165) is 5.56 Å². The Hall–Kier alpha value is -3.00. The first-order valence-corrected chi connectivity index (χ1v) is 8.60. The van der Waals surface area contributed by atoms with Gasteiger partial charge in [-0.1, -0.05) is 26.8 Å². The van der Waals surface area contributed by atoms with Crippen LogP contribution in [0.5, 0.6) is 5.75 Å². The molecule has 0 fully saturated rings. The number of benzene rings is 2. The summed E-state index contributed by atoms with van der Waals surface area (Å²) >= 11 is 5.15. The number of amides is 1. The summed E-state index contributed by atoms with van der Waals surface area (Å²) in [6.45, 7) is 7.68. The molecule has 142 valence electrons. The standard InChI is InChI=1S/C19H21N3O4S/c1-11-9-12(5-7-15(11)22(25)26)17(24)21-18(27)20-14-10-13(19(2,3)4)6-8-16(14)23/h5-10,23H,1-4H3,(H2,20,21,24,27). The highest BCUT2D eigenvalue weighted by Crippen LogP contribution is 2.30. The van der Waals surface area contributed by atoms with Crippen LogP contribution in [0.15, 0.2) is 36.4 Å². The highest BCUT2D eigenvalue weighted by Gasteiger charge is 2.17. The predicted molar refractivity (Wildman–Crippen MR) is 108 cm³/mol. The highest BCUT2D eigenvalue weighted by atomic mass is 32.1. The maximum Gasteiger partial charge on any atom is 0.272 e. The van der Waals surface area contributed by atoms with Gasteiger partial charge in [0.05, 0.1) is 10.6 Å². The molecule has 2 rings (SSSR count). The normalized spacial score (nSPS) is 11.0. The van der Waals surface area contributed by atoms with E-state index < -0.39 is 10.8 Å². The number of thiocarbonyl (C=S) groups is 1. The summed E-state index contributed by atoms with van der Waals surface area (Å²) in [5.74, 6) is -0.497. The minimum Gasteiger partial charge on any atom is -0.506 e. The first-order valence-electron chi connectivity index (χ1n) is 8.20. The van der Waals surface area contributed by atoms with Crippen LogP contribution in [-0.2, 0) is 5.41 Å². The fourth-order valence-corrected chi connectivity index (χ4v) is 2.64. The van der Waals surface area contributed by atoms with E-state index in [9.17, 15) is 20.0 Å². The number of hydrogen-bond acceptors (Lipinski definition) is 5. The second-order valence-corrected chi connectivity index (χ2v) is 7.56. The number of phenolic OH excluding ortho intramolecular Hbond substituents is 1. The average Bonchev–Trinajstić information content (AvgIpc) is 2.55. The maximum absolute atomic E-state index is 12.3. The van der Waals surface area contributed by atoms with E-state index in [1.807, 2.05) is 26.8 Å². The Labute approximate surface area is 162 Å². The lowest BCUT2D eigenvalue weighted by Gasteiger charge is -2.21. The summed E-state index contributed by atoms with van der Waals surface area (Å²) in [4.78, 5) is 22.7. The van der Waals surface area contributed by atoms with Crippen LogP contribution < -0.4 is 10.6 Å². The monoisotopic (exact) mass is 387 g/mol. The van der Waals surface area contributed by atoms with E-state index in [2.05, 4.69) is 10.6 Å². The van der Waals surface area contributed by atoms with Crippen molar-refractivity contribution in [3.05, 3.63) is 63.2 Å². The average molecular weight is 387 g/mol. The predicted octanol–water partition coefficient (Wildman–Crippen LogP) is 4.03. The van der Waals surface area contributed by atoms with E-state index in [4.69, 9.17) is 12.2 Å². The van der Waals surface area contributed by atoms with E-state index in [1.54, 1.807) is 19.1 Å². The minimum absolute atomic E-state index is 0.00535. The van der Waals surface area contributed by atoms with Crippen LogP contribution in [0.25, 0.3) is 0 Å². The Balaban J connectivity index is 2.13. The molecular weight excluding hydrogens is 366 g/mol. The summed E-state index contributed by atoms with van der Waals surface area (Å²) in [6, 6.07) is 9.21. The molecular formula is C19H21N3O4S. The second kappa shape index (κ2) is 7.71. The molecule has 0 atom stereocenters. The van der Waals surface area contributed by atoms with Gasteiger partial charge in [0.15, 0.2) is 5.11 Å². The van der Waals surface area contributed by atoms with Gasteiger partial charge < -0.3 is 10.4 Å². The number of nitro benzene ring substituents is 1. The van der Waals surface area contributed by atoms with Crippen LogP contribution in [0.2, 0.25) is 0 Å². The first-order chi connectivity index (χ1) is 12.5. The molecule has 27 heavy (non-hydrogen) atoms. The van der Waals surface area contributed by atoms with E-state index >= 15 is 0 Å². The fraction of sp³-hybridized carbons (Fsp3) is 0.263. The molecule has 0 spiro atoms. The Morgan fingerprint density at radius 3 is 2.41 bits per heavy atom. The molecule has 2 aromatic rings. The fourth-order valence-electron chi connectivity index (χ4n) is 2.43. The van der Waals surface area contributed by atoms with Gasteiger partial charge in [-0.2, -0.15) is 0 Å². The number of phenols is 1. The molecule has 0 aliphatic heterocycles. The van der Waals surface area contributed by atoms with Crippen molar-refractivity contribution in [2.45, 2.75) is 33.1 Å². The molecule has 8 heteroatoms. The zero-order chi connectivity index (χ0) is 20.4. The van der Waals surface area contributed by atoms with Gasteiger partial charge in [0.1, 0.15) is 5.75 Å². The number of aryl methyl sites for hydroxylation is 1. The Morgan fingerprint density at radius 1 is 1.19 bits per heavy atom. The summed E-state index contributed by atoms with van der Waals surface area (Å²) in [5, 5.41) is 26.2. The third-order valence-corrected chi connectivity index (χ3v) is 4.20. The van der Waals surface area contributed by atoms with Crippen LogP contribution in [-0.4, -0.2) is 21.0 Å². The van der Waals surface area contributed by atoms with Crippen LogP contribution in [0.1, 0.15) is 42.3 Å². The van der Waals surface area contributed by atoms with Gasteiger partial charge in [-0.25, -0.2) is 0 Å². The minimum atomic E-state index is -0.506. The summed E-state index contributed by atoms with van der Waals surface area (Å²) in [6.07, 6.45) is 0. The third kappa shape index (κ3) is 5.01. The largest absolute Gasteiger partial charge is 0.506 e. The van der Waals surface area contributed by atoms with Gasteiger partial charge in [-0.15, -0.1) is 0 Å². The van der Waals surface area contributed by atoms with Crippen molar-refractivity contribution >= 4 is 34.6 Å². The zero-order valence-electron chi connectivity index (χ0n) is 15.5. The van der Waals surface area contributed by atoms with Gasteiger partial charge in [0.25, 0.3) is 11.6 Å². The Kier molecular flexibility index (Phi) is 5.80. The van der Waals surface area contributed by atoms with Crippen molar-refractivity contribution in [2.24, 2.45) is 0 Å². The van der Waals surface area contributed by atoms with Gasteiger partial charge in [-0.3, -0.25) is 20.2 Å². The van der Waals surface area contributed by atoms with Gasteiger partial charge in [0.2, 0.25) is 0 Å². The Morgan fingerprint density at radius 2 is 1.85 bits per heavy atom. The molecule has 0 bridgehead atoms. The van der Waals surface area contributed by atoms with Crippen molar-refractivity contribution in [3.63, 3.8) is 0 Å².